The first-order valence-corrected chi connectivity index (χ1v) is 8.21. The van der Waals surface area contributed by atoms with E-state index in [0.717, 1.165) is 17.9 Å². The van der Waals surface area contributed by atoms with Crippen LogP contribution in [0.1, 0.15) is 13.3 Å². The number of carboxylic acid groups (broad SMARTS) is 1. The van der Waals surface area contributed by atoms with E-state index in [-0.39, 0.29) is 18.7 Å². The molecule has 0 aromatic carbocycles. The highest BCUT2D eigenvalue weighted by atomic mass is 32.2. The minimum Gasteiger partial charge on any atom is -0.481 e. The van der Waals surface area contributed by atoms with Gasteiger partial charge in [0, 0.05) is 13.1 Å². The average molecular weight is 302 g/mol. The van der Waals surface area contributed by atoms with E-state index < -0.39 is 11.9 Å². The van der Waals surface area contributed by atoms with Gasteiger partial charge in [0.05, 0.1) is 19.3 Å². The van der Waals surface area contributed by atoms with Gasteiger partial charge in [-0.3, -0.25) is 4.79 Å². The fourth-order valence-corrected chi connectivity index (χ4v) is 3.98. The molecule has 2 N–H and O–H groups in total. The first-order valence-electron chi connectivity index (χ1n) is 7.06. The van der Waals surface area contributed by atoms with Gasteiger partial charge in [-0.15, -0.1) is 0 Å². The number of carbonyl (C=O) groups excluding carboxylic acids is 1. The highest BCUT2D eigenvalue weighted by molar-refractivity contribution is 7.99. The van der Waals surface area contributed by atoms with E-state index in [2.05, 4.69) is 5.32 Å². The highest BCUT2D eigenvalue weighted by Gasteiger charge is 2.39. The van der Waals surface area contributed by atoms with Crippen LogP contribution in [0, 0.1) is 11.8 Å². The third kappa shape index (κ3) is 3.58. The molecule has 2 saturated heterocycles. The number of urea groups is 1. The van der Waals surface area contributed by atoms with Gasteiger partial charge in [0.2, 0.25) is 0 Å². The molecule has 2 rings (SSSR count). The zero-order valence-corrected chi connectivity index (χ0v) is 12.5. The number of hydrogen-bond donors (Lipinski definition) is 2. The third-order valence-corrected chi connectivity index (χ3v) is 5.17. The lowest BCUT2D eigenvalue weighted by molar-refractivity contribution is -0.142. The quantitative estimate of drug-likeness (QED) is 0.788. The minimum atomic E-state index is -0.897. The molecule has 2 aliphatic rings. The number of ether oxygens (including phenoxy) is 1. The molecule has 20 heavy (non-hydrogen) atoms. The summed E-state index contributed by atoms with van der Waals surface area (Å²) < 4.78 is 5.24. The largest absolute Gasteiger partial charge is 0.481 e. The molecule has 0 radical (unpaired) electrons. The molecule has 2 heterocycles. The van der Waals surface area contributed by atoms with Crippen molar-refractivity contribution in [2.75, 3.05) is 37.8 Å². The van der Waals surface area contributed by atoms with Crippen LogP contribution in [0.15, 0.2) is 0 Å². The molecule has 7 heteroatoms. The van der Waals surface area contributed by atoms with Crippen molar-refractivity contribution in [1.82, 2.24) is 10.2 Å². The van der Waals surface area contributed by atoms with Crippen molar-refractivity contribution in [3.8, 4) is 0 Å². The minimum absolute atomic E-state index is 0.175. The maximum absolute atomic E-state index is 12.2. The number of hydrogen-bond acceptors (Lipinski definition) is 4. The summed E-state index contributed by atoms with van der Waals surface area (Å²) in [4.78, 5) is 25.0. The normalized spacial score (nSPS) is 29.4. The summed E-state index contributed by atoms with van der Waals surface area (Å²) in [5, 5.41) is 12.1. The molecule has 2 amide bonds. The predicted molar refractivity (Wildman–Crippen MR) is 76.9 cm³/mol. The number of aliphatic carboxylic acids is 1. The molecular formula is C13H22N2O4S. The Hall–Kier alpha value is -0.950. The number of carbonyl (C=O) groups is 2. The van der Waals surface area contributed by atoms with E-state index in [4.69, 9.17) is 4.74 Å². The van der Waals surface area contributed by atoms with Crippen LogP contribution >= 0.6 is 11.8 Å². The van der Waals surface area contributed by atoms with Crippen LogP contribution in [0.2, 0.25) is 0 Å². The first-order chi connectivity index (χ1) is 9.63. The van der Waals surface area contributed by atoms with Crippen LogP contribution < -0.4 is 5.32 Å². The molecule has 2 fully saturated rings. The lowest BCUT2D eigenvalue weighted by Crippen LogP contribution is -2.51. The van der Waals surface area contributed by atoms with Gasteiger partial charge in [-0.1, -0.05) is 0 Å². The maximum Gasteiger partial charge on any atom is 0.317 e. The number of likely N-dealkylation sites (N-methyl/N-ethyl adjacent to an activating group) is 1. The predicted octanol–water partition coefficient (Wildman–Crippen LogP) is 0.871. The standard InChI is InChI=1S/C13H22N2O4S/c1-2-15(11-7-19-6-10(11)12(16)17)13(18)14-5-9-3-4-20-8-9/h9-11H,2-8H2,1H3,(H,14,18)(H,16,17). The molecular weight excluding hydrogens is 280 g/mol. The fourth-order valence-electron chi connectivity index (χ4n) is 2.69. The van der Waals surface area contributed by atoms with Crippen LogP contribution in [0.5, 0.6) is 0 Å². The zero-order chi connectivity index (χ0) is 14.5. The van der Waals surface area contributed by atoms with Gasteiger partial charge in [0.1, 0.15) is 5.92 Å². The summed E-state index contributed by atoms with van der Waals surface area (Å²) in [5.41, 5.74) is 0. The number of nitrogens with zero attached hydrogens (tertiary/aromatic N) is 1. The molecule has 0 spiro atoms. The summed E-state index contributed by atoms with van der Waals surface area (Å²) >= 11 is 1.91. The van der Waals surface area contributed by atoms with Gasteiger partial charge in [0.15, 0.2) is 0 Å². The van der Waals surface area contributed by atoms with Crippen molar-refractivity contribution in [1.29, 1.82) is 0 Å². The Kier molecular flexibility index (Phi) is 5.54. The maximum atomic E-state index is 12.2. The van der Waals surface area contributed by atoms with Crippen molar-refractivity contribution in [3.05, 3.63) is 0 Å². The van der Waals surface area contributed by atoms with E-state index in [1.54, 1.807) is 4.90 Å². The van der Waals surface area contributed by atoms with Crippen molar-refractivity contribution in [3.63, 3.8) is 0 Å². The average Bonchev–Trinajstić information content (AvgIpc) is 3.08. The van der Waals surface area contributed by atoms with Gasteiger partial charge in [-0.2, -0.15) is 11.8 Å². The van der Waals surface area contributed by atoms with Crippen molar-refractivity contribution in [2.24, 2.45) is 11.8 Å². The molecule has 2 aliphatic heterocycles. The zero-order valence-electron chi connectivity index (χ0n) is 11.7. The number of rotatable bonds is 5. The molecule has 0 aromatic rings. The van der Waals surface area contributed by atoms with Crippen LogP contribution in [0.25, 0.3) is 0 Å². The molecule has 3 unspecified atom stereocenters. The van der Waals surface area contributed by atoms with Crippen LogP contribution in [0.3, 0.4) is 0 Å². The molecule has 0 aliphatic carbocycles. The Balaban J connectivity index is 1.89. The summed E-state index contributed by atoms with van der Waals surface area (Å²) in [6, 6.07) is -0.540. The van der Waals surface area contributed by atoms with Gasteiger partial charge in [-0.05, 0) is 30.8 Å². The molecule has 3 atom stereocenters. The number of amides is 2. The van der Waals surface area contributed by atoms with Crippen LogP contribution in [-0.4, -0.2) is 65.9 Å². The Labute approximate surface area is 123 Å². The lowest BCUT2D eigenvalue weighted by Gasteiger charge is -2.29. The van der Waals surface area contributed by atoms with Crippen molar-refractivity contribution in [2.45, 2.75) is 19.4 Å². The first kappa shape index (κ1) is 15.4. The molecule has 0 aromatic heterocycles. The third-order valence-electron chi connectivity index (χ3n) is 3.94. The number of thioether (sulfide) groups is 1. The van der Waals surface area contributed by atoms with E-state index in [1.165, 1.54) is 0 Å². The molecule has 0 bridgehead atoms. The van der Waals surface area contributed by atoms with E-state index in [0.29, 0.717) is 25.6 Å². The van der Waals surface area contributed by atoms with Gasteiger partial charge in [0.25, 0.3) is 0 Å². The van der Waals surface area contributed by atoms with E-state index >= 15 is 0 Å². The highest BCUT2D eigenvalue weighted by Crippen LogP contribution is 2.23. The lowest BCUT2D eigenvalue weighted by atomic mass is 10.0. The van der Waals surface area contributed by atoms with Crippen LogP contribution in [0.4, 0.5) is 4.79 Å². The van der Waals surface area contributed by atoms with Gasteiger partial charge >= 0.3 is 12.0 Å². The topological polar surface area (TPSA) is 78.9 Å². The second-order valence-corrected chi connectivity index (χ2v) is 6.40. The van der Waals surface area contributed by atoms with Gasteiger partial charge < -0.3 is 20.1 Å². The smallest absolute Gasteiger partial charge is 0.317 e. The van der Waals surface area contributed by atoms with Crippen molar-refractivity contribution >= 4 is 23.8 Å². The second-order valence-electron chi connectivity index (χ2n) is 5.25. The Bertz CT molecular complexity index is 360. The van der Waals surface area contributed by atoms with Crippen molar-refractivity contribution < 1.29 is 19.4 Å². The summed E-state index contributed by atoms with van der Waals surface area (Å²) in [6.07, 6.45) is 1.14. The second kappa shape index (κ2) is 7.17. The Morgan fingerprint density at radius 1 is 1.45 bits per heavy atom. The number of nitrogens with one attached hydrogen (secondary N) is 1. The van der Waals surface area contributed by atoms with E-state index in [9.17, 15) is 14.7 Å². The molecule has 0 saturated carbocycles. The monoisotopic (exact) mass is 302 g/mol. The molecule has 6 nitrogen and oxygen atoms in total. The summed E-state index contributed by atoms with van der Waals surface area (Å²) in [6.45, 7) is 3.51. The summed E-state index contributed by atoms with van der Waals surface area (Å²) in [5.74, 6) is 1.28. The summed E-state index contributed by atoms with van der Waals surface area (Å²) in [7, 11) is 0. The van der Waals surface area contributed by atoms with E-state index in [1.807, 2.05) is 18.7 Å². The molecule has 114 valence electrons. The van der Waals surface area contributed by atoms with Crippen LogP contribution in [-0.2, 0) is 9.53 Å². The Morgan fingerprint density at radius 3 is 2.85 bits per heavy atom. The Morgan fingerprint density at radius 2 is 2.25 bits per heavy atom. The SMILES string of the molecule is CCN(C(=O)NCC1CCSC1)C1COCC1C(=O)O. The number of carboxylic acids is 1. The van der Waals surface area contributed by atoms with Gasteiger partial charge in [-0.25, -0.2) is 4.79 Å². The fraction of sp³-hybridized carbons (Fsp3) is 0.846.